The van der Waals surface area contributed by atoms with Gasteiger partial charge in [-0.2, -0.15) is 0 Å². The molecular weight excluding hydrogens is 337 g/mol. The molecule has 0 unspecified atom stereocenters. The molecule has 110 valence electrons. The zero-order chi connectivity index (χ0) is 15.2. The van der Waals surface area contributed by atoms with E-state index in [1.165, 1.54) is 6.07 Å². The number of hydrogen-bond donors (Lipinski definition) is 1. The number of carbonyl (C=O) groups is 1. The maximum atomic E-state index is 13.6. The van der Waals surface area contributed by atoms with Crippen LogP contribution in [0.2, 0.25) is 0 Å². The van der Waals surface area contributed by atoms with E-state index in [2.05, 4.69) is 21.2 Å². The summed E-state index contributed by atoms with van der Waals surface area (Å²) in [7, 11) is 0. The van der Waals surface area contributed by atoms with Crippen molar-refractivity contribution in [2.45, 2.75) is 13.3 Å². The van der Waals surface area contributed by atoms with Gasteiger partial charge in [-0.15, -0.1) is 0 Å². The molecule has 0 aromatic heterocycles. The van der Waals surface area contributed by atoms with Gasteiger partial charge in [0.05, 0.1) is 13.0 Å². The van der Waals surface area contributed by atoms with Gasteiger partial charge in [-0.25, -0.2) is 4.39 Å². The average molecular weight is 352 g/mol. The molecule has 0 spiro atoms. The van der Waals surface area contributed by atoms with Crippen LogP contribution in [0.3, 0.4) is 0 Å². The first-order valence-corrected chi connectivity index (χ1v) is 7.34. The highest BCUT2D eigenvalue weighted by Crippen LogP contribution is 2.18. The minimum absolute atomic E-state index is 0.0154. The molecule has 0 bridgehead atoms. The fourth-order valence-corrected chi connectivity index (χ4v) is 2.27. The van der Waals surface area contributed by atoms with Crippen LogP contribution in [-0.2, 0) is 11.2 Å². The summed E-state index contributed by atoms with van der Waals surface area (Å²) in [5, 5.41) is 2.73. The average Bonchev–Trinajstić information content (AvgIpc) is 2.45. The third-order valence-electron chi connectivity index (χ3n) is 2.81. The summed E-state index contributed by atoms with van der Waals surface area (Å²) in [6, 6.07) is 11.6. The van der Waals surface area contributed by atoms with Gasteiger partial charge in [-0.05, 0) is 55.0 Å². The first-order valence-electron chi connectivity index (χ1n) is 6.55. The summed E-state index contributed by atoms with van der Waals surface area (Å²) < 4.78 is 19.7. The largest absolute Gasteiger partial charge is 0.494 e. The predicted molar refractivity (Wildman–Crippen MR) is 84.0 cm³/mol. The van der Waals surface area contributed by atoms with Crippen LogP contribution in [0.1, 0.15) is 12.5 Å². The lowest BCUT2D eigenvalue weighted by Gasteiger charge is -2.08. The number of hydrogen-bond acceptors (Lipinski definition) is 2. The van der Waals surface area contributed by atoms with Gasteiger partial charge in [0.15, 0.2) is 0 Å². The van der Waals surface area contributed by atoms with E-state index >= 15 is 0 Å². The number of amides is 1. The standard InChI is InChI=1S/C16H15BrFNO2/c1-2-21-14-6-4-13(5-7-14)19-16(20)10-11-9-12(17)3-8-15(11)18/h3-9H,2,10H2,1H3,(H,19,20). The summed E-state index contributed by atoms with van der Waals surface area (Å²) in [6.45, 7) is 2.50. The zero-order valence-corrected chi connectivity index (χ0v) is 13.1. The molecule has 21 heavy (non-hydrogen) atoms. The molecule has 1 amide bonds. The Morgan fingerprint density at radius 2 is 1.95 bits per heavy atom. The third-order valence-corrected chi connectivity index (χ3v) is 3.30. The molecule has 1 N–H and O–H groups in total. The van der Waals surface area contributed by atoms with Gasteiger partial charge < -0.3 is 10.1 Å². The number of anilines is 1. The van der Waals surface area contributed by atoms with Gasteiger partial charge in [-0.1, -0.05) is 15.9 Å². The Morgan fingerprint density at radius 1 is 1.24 bits per heavy atom. The maximum absolute atomic E-state index is 13.6. The summed E-state index contributed by atoms with van der Waals surface area (Å²) in [5.41, 5.74) is 1.01. The molecule has 0 saturated heterocycles. The van der Waals surface area contributed by atoms with E-state index in [-0.39, 0.29) is 18.1 Å². The van der Waals surface area contributed by atoms with Crippen LogP contribution in [0.25, 0.3) is 0 Å². The second-order valence-electron chi connectivity index (χ2n) is 4.42. The molecule has 2 aromatic carbocycles. The highest BCUT2D eigenvalue weighted by atomic mass is 79.9. The number of rotatable bonds is 5. The fraction of sp³-hybridized carbons (Fsp3) is 0.188. The third kappa shape index (κ3) is 4.56. The minimum atomic E-state index is -0.389. The van der Waals surface area contributed by atoms with Crippen LogP contribution in [0.15, 0.2) is 46.9 Å². The highest BCUT2D eigenvalue weighted by Gasteiger charge is 2.09. The van der Waals surface area contributed by atoms with Crippen LogP contribution >= 0.6 is 15.9 Å². The van der Waals surface area contributed by atoms with Crippen LogP contribution in [0.5, 0.6) is 5.75 Å². The summed E-state index contributed by atoms with van der Waals surface area (Å²) >= 11 is 3.26. The highest BCUT2D eigenvalue weighted by molar-refractivity contribution is 9.10. The Labute approximate surface area is 131 Å². The molecule has 2 rings (SSSR count). The maximum Gasteiger partial charge on any atom is 0.228 e. The van der Waals surface area contributed by atoms with Crippen molar-refractivity contribution < 1.29 is 13.9 Å². The Bertz CT molecular complexity index is 629. The number of ether oxygens (including phenoxy) is 1. The van der Waals surface area contributed by atoms with Crippen molar-refractivity contribution >= 4 is 27.5 Å². The number of carbonyl (C=O) groups excluding carboxylic acids is 1. The smallest absolute Gasteiger partial charge is 0.228 e. The molecule has 5 heteroatoms. The van der Waals surface area contributed by atoms with Crippen molar-refractivity contribution in [3.8, 4) is 5.75 Å². The lowest BCUT2D eigenvalue weighted by molar-refractivity contribution is -0.115. The van der Waals surface area contributed by atoms with Crippen molar-refractivity contribution in [1.82, 2.24) is 0 Å². The first-order chi connectivity index (χ1) is 10.1. The fourth-order valence-electron chi connectivity index (χ4n) is 1.86. The van der Waals surface area contributed by atoms with Crippen molar-refractivity contribution in [1.29, 1.82) is 0 Å². The molecular formula is C16H15BrFNO2. The number of halogens is 2. The molecule has 0 aliphatic rings. The number of nitrogens with one attached hydrogen (secondary N) is 1. The molecule has 0 aliphatic carbocycles. The van der Waals surface area contributed by atoms with E-state index in [9.17, 15) is 9.18 Å². The van der Waals surface area contributed by atoms with E-state index in [0.717, 1.165) is 10.2 Å². The topological polar surface area (TPSA) is 38.3 Å². The van der Waals surface area contributed by atoms with Gasteiger partial charge >= 0.3 is 0 Å². The Balaban J connectivity index is 1.99. The van der Waals surface area contributed by atoms with Crippen LogP contribution in [0, 0.1) is 5.82 Å². The molecule has 3 nitrogen and oxygen atoms in total. The quantitative estimate of drug-likeness (QED) is 0.877. The number of benzene rings is 2. The Kier molecular flexibility index (Phi) is 5.33. The summed E-state index contributed by atoms with van der Waals surface area (Å²) in [6.07, 6.45) is -0.0154. The van der Waals surface area contributed by atoms with E-state index in [1.54, 1.807) is 36.4 Å². The second-order valence-corrected chi connectivity index (χ2v) is 5.33. The second kappa shape index (κ2) is 7.22. The molecule has 2 aromatic rings. The summed E-state index contributed by atoms with van der Waals surface area (Å²) in [5.74, 6) is 0.0877. The van der Waals surface area contributed by atoms with Crippen molar-refractivity contribution in [3.05, 3.63) is 58.3 Å². The monoisotopic (exact) mass is 351 g/mol. The van der Waals surface area contributed by atoms with Gasteiger partial charge in [0.2, 0.25) is 5.91 Å². The van der Waals surface area contributed by atoms with E-state index in [1.807, 2.05) is 6.92 Å². The van der Waals surface area contributed by atoms with Gasteiger partial charge in [0, 0.05) is 10.2 Å². The van der Waals surface area contributed by atoms with E-state index in [4.69, 9.17) is 4.74 Å². The van der Waals surface area contributed by atoms with Crippen LogP contribution < -0.4 is 10.1 Å². The molecule has 0 saturated carbocycles. The predicted octanol–water partition coefficient (Wildman–Crippen LogP) is 4.17. The van der Waals surface area contributed by atoms with Gasteiger partial charge in [0.1, 0.15) is 11.6 Å². The SMILES string of the molecule is CCOc1ccc(NC(=O)Cc2cc(Br)ccc2F)cc1. The van der Waals surface area contributed by atoms with Crippen molar-refractivity contribution in [2.24, 2.45) is 0 Å². The molecule has 0 aliphatic heterocycles. The van der Waals surface area contributed by atoms with Crippen molar-refractivity contribution in [2.75, 3.05) is 11.9 Å². The lowest BCUT2D eigenvalue weighted by Crippen LogP contribution is -2.15. The summed E-state index contributed by atoms with van der Waals surface area (Å²) in [4.78, 5) is 11.9. The van der Waals surface area contributed by atoms with Gasteiger partial charge in [-0.3, -0.25) is 4.79 Å². The normalized spacial score (nSPS) is 10.2. The molecule has 0 heterocycles. The Hall–Kier alpha value is -1.88. The van der Waals surface area contributed by atoms with Crippen LogP contribution in [-0.4, -0.2) is 12.5 Å². The lowest BCUT2D eigenvalue weighted by atomic mass is 10.1. The van der Waals surface area contributed by atoms with E-state index < -0.39 is 0 Å². The first kappa shape index (κ1) is 15.5. The molecule has 0 atom stereocenters. The van der Waals surface area contributed by atoms with E-state index in [0.29, 0.717) is 17.9 Å². The van der Waals surface area contributed by atoms with Crippen molar-refractivity contribution in [3.63, 3.8) is 0 Å². The molecule has 0 fully saturated rings. The zero-order valence-electron chi connectivity index (χ0n) is 11.5. The Morgan fingerprint density at radius 3 is 2.62 bits per heavy atom. The van der Waals surface area contributed by atoms with Gasteiger partial charge in [0.25, 0.3) is 0 Å². The minimum Gasteiger partial charge on any atom is -0.494 e. The van der Waals surface area contributed by atoms with Crippen LogP contribution in [0.4, 0.5) is 10.1 Å². The molecule has 0 radical (unpaired) electrons.